The number of phosphoric ester groups is 1. The maximum absolute atomic E-state index is 12.9. The number of hydrogen-bond donors (Lipinski definition) is 2. The normalized spacial score (nSPS) is 14.4. The molecular weight excluding hydrogens is 876 g/mol. The van der Waals surface area contributed by atoms with Crippen molar-refractivity contribution in [2.45, 2.75) is 276 Å². The largest absolute Gasteiger partial charge is 0.756 e. The van der Waals surface area contributed by atoms with Gasteiger partial charge in [0.25, 0.3) is 7.82 Å². The fraction of sp³-hybridized carbons (Fsp3) is 0.817. The molecule has 3 atom stereocenters. The molecule has 0 bridgehead atoms. The van der Waals surface area contributed by atoms with Gasteiger partial charge in [0.15, 0.2) is 0 Å². The monoisotopic (exact) mass is 989 g/mol. The highest BCUT2D eigenvalue weighted by Crippen LogP contribution is 2.38. The van der Waals surface area contributed by atoms with Crippen LogP contribution in [0.1, 0.15) is 264 Å². The summed E-state index contributed by atoms with van der Waals surface area (Å²) in [7, 11) is 1.22. The number of amides is 1. The van der Waals surface area contributed by atoms with E-state index in [1.54, 1.807) is 6.08 Å². The number of nitrogens with one attached hydrogen (secondary N) is 1. The topological polar surface area (TPSA) is 108 Å². The fourth-order valence-corrected chi connectivity index (χ4v) is 9.06. The van der Waals surface area contributed by atoms with Crippen LogP contribution in [0.3, 0.4) is 0 Å². The van der Waals surface area contributed by atoms with Gasteiger partial charge in [0.05, 0.1) is 39.9 Å². The predicted molar refractivity (Wildman–Crippen MR) is 297 cm³/mol. The molecule has 3 unspecified atom stereocenters. The number of aliphatic hydroxyl groups excluding tert-OH is 1. The van der Waals surface area contributed by atoms with Gasteiger partial charge in [-0.25, -0.2) is 0 Å². The molecule has 0 aromatic carbocycles. The molecule has 0 radical (unpaired) electrons. The minimum atomic E-state index is -4.61. The molecule has 0 aliphatic heterocycles. The van der Waals surface area contributed by atoms with Gasteiger partial charge < -0.3 is 28.8 Å². The van der Waals surface area contributed by atoms with Crippen molar-refractivity contribution in [1.82, 2.24) is 5.32 Å². The van der Waals surface area contributed by atoms with Gasteiger partial charge in [-0.05, 0) is 77.0 Å². The molecule has 0 aliphatic rings. The third-order valence-corrected chi connectivity index (χ3v) is 13.9. The Morgan fingerprint density at radius 2 is 0.855 bits per heavy atom. The lowest BCUT2D eigenvalue weighted by atomic mass is 10.0. The number of rotatable bonds is 53. The van der Waals surface area contributed by atoms with Crippen molar-refractivity contribution in [2.75, 3.05) is 40.9 Å². The van der Waals surface area contributed by atoms with Crippen molar-refractivity contribution in [1.29, 1.82) is 0 Å². The minimum absolute atomic E-state index is 0.0138. The Balaban J connectivity index is 4.19. The lowest BCUT2D eigenvalue weighted by Gasteiger charge is -2.29. The second-order valence-corrected chi connectivity index (χ2v) is 22.4. The number of allylic oxidation sites excluding steroid dienone is 9. The van der Waals surface area contributed by atoms with Crippen LogP contribution >= 0.6 is 7.82 Å². The van der Waals surface area contributed by atoms with Crippen LogP contribution in [0, 0.1) is 0 Å². The lowest BCUT2D eigenvalue weighted by Crippen LogP contribution is -2.45. The van der Waals surface area contributed by atoms with E-state index in [1.807, 2.05) is 27.2 Å². The SMILES string of the molecule is CCCCC/C=C\C/C=C\CCCCCCCC(=O)NC(COP(=O)([O-])OCC[N+](C)(C)C)C(O)/C=C/CC/C=C/CC/C=C/CCCCCCCCCCCCCCCCCCCCCCCC. The summed E-state index contributed by atoms with van der Waals surface area (Å²) in [5, 5.41) is 13.8. The molecule has 69 heavy (non-hydrogen) atoms. The summed E-state index contributed by atoms with van der Waals surface area (Å²) in [5.74, 6) is -0.226. The van der Waals surface area contributed by atoms with Gasteiger partial charge in [-0.15, -0.1) is 0 Å². The zero-order valence-electron chi connectivity index (χ0n) is 46.0. The molecule has 0 aromatic heterocycles. The van der Waals surface area contributed by atoms with E-state index in [4.69, 9.17) is 9.05 Å². The van der Waals surface area contributed by atoms with E-state index in [2.05, 4.69) is 67.8 Å². The first kappa shape index (κ1) is 67.2. The van der Waals surface area contributed by atoms with Gasteiger partial charge in [0.2, 0.25) is 5.91 Å². The van der Waals surface area contributed by atoms with Crippen LogP contribution in [0.25, 0.3) is 0 Å². The second kappa shape index (κ2) is 51.1. The molecule has 1 amide bonds. The van der Waals surface area contributed by atoms with Crippen LogP contribution in [0.5, 0.6) is 0 Å². The molecular formula is C60H113N2O6P. The van der Waals surface area contributed by atoms with Crippen molar-refractivity contribution in [3.8, 4) is 0 Å². The number of likely N-dealkylation sites (N-methyl/N-ethyl adjacent to an activating group) is 1. The maximum atomic E-state index is 12.9. The molecule has 0 saturated heterocycles. The summed E-state index contributed by atoms with van der Waals surface area (Å²) >= 11 is 0. The number of phosphoric acid groups is 1. The number of carbonyl (C=O) groups is 1. The number of quaternary nitrogens is 1. The third kappa shape index (κ3) is 53.8. The summed E-state index contributed by atoms with van der Waals surface area (Å²) in [4.78, 5) is 25.4. The smallest absolute Gasteiger partial charge is 0.268 e. The van der Waals surface area contributed by atoms with E-state index < -0.39 is 26.6 Å². The Bertz CT molecular complexity index is 1310. The van der Waals surface area contributed by atoms with E-state index in [1.165, 1.54) is 173 Å². The average molecular weight is 990 g/mol. The Morgan fingerprint density at radius 1 is 0.507 bits per heavy atom. The van der Waals surface area contributed by atoms with Gasteiger partial charge in [-0.3, -0.25) is 9.36 Å². The van der Waals surface area contributed by atoms with Crippen molar-refractivity contribution < 1.29 is 32.9 Å². The number of hydrogen-bond acceptors (Lipinski definition) is 6. The van der Waals surface area contributed by atoms with E-state index >= 15 is 0 Å². The maximum Gasteiger partial charge on any atom is 0.268 e. The second-order valence-electron chi connectivity index (χ2n) is 21.0. The molecule has 2 N–H and O–H groups in total. The van der Waals surface area contributed by atoms with Crippen LogP contribution in [-0.2, 0) is 18.4 Å². The van der Waals surface area contributed by atoms with Gasteiger partial charge >= 0.3 is 0 Å². The van der Waals surface area contributed by atoms with E-state index in [9.17, 15) is 19.4 Å². The Labute approximate surface area is 428 Å². The third-order valence-electron chi connectivity index (χ3n) is 12.9. The first-order valence-electron chi connectivity index (χ1n) is 29.2. The molecule has 0 fully saturated rings. The average Bonchev–Trinajstić information content (AvgIpc) is 3.31. The molecule has 0 heterocycles. The number of carbonyl (C=O) groups excluding carboxylic acids is 1. The Morgan fingerprint density at radius 3 is 1.29 bits per heavy atom. The van der Waals surface area contributed by atoms with Crippen LogP contribution < -0.4 is 10.2 Å². The van der Waals surface area contributed by atoms with E-state index in [0.29, 0.717) is 17.4 Å². The van der Waals surface area contributed by atoms with E-state index in [-0.39, 0.29) is 12.5 Å². The summed E-state index contributed by atoms with van der Waals surface area (Å²) in [6, 6.07) is -0.920. The minimum Gasteiger partial charge on any atom is -0.756 e. The Kier molecular flexibility index (Phi) is 49.8. The summed E-state index contributed by atoms with van der Waals surface area (Å²) in [5.41, 5.74) is 0. The van der Waals surface area contributed by atoms with Crippen LogP contribution in [0.4, 0.5) is 0 Å². The fourth-order valence-electron chi connectivity index (χ4n) is 8.33. The lowest BCUT2D eigenvalue weighted by molar-refractivity contribution is -0.870. The number of unbranched alkanes of at least 4 members (excludes halogenated alkanes) is 32. The van der Waals surface area contributed by atoms with Gasteiger partial charge in [-0.1, -0.05) is 242 Å². The summed E-state index contributed by atoms with van der Waals surface area (Å²) in [6.07, 6.45) is 68.9. The molecule has 0 aliphatic carbocycles. The molecule has 9 heteroatoms. The molecule has 8 nitrogen and oxygen atoms in total. The van der Waals surface area contributed by atoms with Crippen molar-refractivity contribution >= 4 is 13.7 Å². The highest BCUT2D eigenvalue weighted by Gasteiger charge is 2.23. The van der Waals surface area contributed by atoms with Crippen molar-refractivity contribution in [3.05, 3.63) is 60.8 Å². The molecule has 404 valence electrons. The van der Waals surface area contributed by atoms with Gasteiger partial charge in [-0.2, -0.15) is 0 Å². The molecule has 0 spiro atoms. The number of aliphatic hydroxyl groups is 1. The van der Waals surface area contributed by atoms with E-state index in [0.717, 1.165) is 70.6 Å². The molecule has 0 rings (SSSR count). The highest BCUT2D eigenvalue weighted by molar-refractivity contribution is 7.45. The summed E-state index contributed by atoms with van der Waals surface area (Å²) < 4.78 is 23.3. The zero-order chi connectivity index (χ0) is 50.6. The van der Waals surface area contributed by atoms with Crippen molar-refractivity contribution in [2.24, 2.45) is 0 Å². The van der Waals surface area contributed by atoms with Crippen LogP contribution in [0.15, 0.2) is 60.8 Å². The zero-order valence-corrected chi connectivity index (χ0v) is 46.9. The standard InChI is InChI=1S/C60H113N2O6P/c1-6-8-10-12-14-16-18-20-22-23-24-25-26-27-28-29-30-31-32-33-34-35-36-37-38-40-41-43-45-47-49-51-53-59(63)58(57-68-69(65,66)67-56-55-62(3,4)5)61-60(64)54-52-50-48-46-44-42-39-21-19-17-15-13-11-9-7-2/h15,17,21,37-39,43,45,51,53,58-59,63H,6-14,16,18-20,22-36,40-42,44,46-50,52,54-57H2,1-5H3,(H-,61,64,65,66)/b17-15-,38-37+,39-21-,45-43+,53-51+. The predicted octanol–water partition coefficient (Wildman–Crippen LogP) is 17.1. The first-order chi connectivity index (χ1) is 33.5. The first-order valence-corrected chi connectivity index (χ1v) is 30.6. The van der Waals surface area contributed by atoms with Gasteiger partial charge in [0.1, 0.15) is 13.2 Å². The Hall–Kier alpha value is -1.80. The highest BCUT2D eigenvalue weighted by atomic mass is 31.2. The van der Waals surface area contributed by atoms with Crippen LogP contribution in [-0.4, -0.2) is 68.5 Å². The summed E-state index contributed by atoms with van der Waals surface area (Å²) in [6.45, 7) is 4.59. The molecule has 0 aromatic rings. The number of nitrogens with zero attached hydrogens (tertiary/aromatic N) is 1. The van der Waals surface area contributed by atoms with Gasteiger partial charge in [0, 0.05) is 6.42 Å². The van der Waals surface area contributed by atoms with Crippen molar-refractivity contribution in [3.63, 3.8) is 0 Å². The molecule has 0 saturated carbocycles. The quantitative estimate of drug-likeness (QED) is 0.0272. The van der Waals surface area contributed by atoms with Crippen LogP contribution in [0.2, 0.25) is 0 Å².